The Balaban J connectivity index is 1.18. The molecule has 35 heavy (non-hydrogen) atoms. The van der Waals surface area contributed by atoms with Crippen LogP contribution in [0.3, 0.4) is 0 Å². The number of nitrogens with one attached hydrogen (secondary N) is 2. The van der Waals surface area contributed by atoms with Gasteiger partial charge in [0.25, 0.3) is 0 Å². The van der Waals surface area contributed by atoms with Crippen molar-refractivity contribution in [2.45, 2.75) is 24.8 Å². The first kappa shape index (κ1) is 23.5. The number of piperidine rings is 3. The summed E-state index contributed by atoms with van der Waals surface area (Å²) in [6, 6.07) is 20.3. The number of hydrogen-bond acceptors (Lipinski definition) is 5. The largest absolute Gasteiger partial charge is 0.465 e. The predicted molar refractivity (Wildman–Crippen MR) is 141 cm³/mol. The predicted octanol–water partition coefficient (Wildman–Crippen LogP) is 4.04. The minimum Gasteiger partial charge on any atom is -0.465 e. The number of anilines is 1. The number of thiocarbonyl (C=S) groups is 1. The first-order chi connectivity index (χ1) is 17.0. The first-order valence-corrected chi connectivity index (χ1v) is 12.5. The van der Waals surface area contributed by atoms with Crippen LogP contribution in [0, 0.1) is 5.92 Å². The molecular formula is C27H31N5O2S. The number of nitrogens with zero attached hydrogens (tertiary/aromatic N) is 3. The van der Waals surface area contributed by atoms with E-state index in [2.05, 4.69) is 57.6 Å². The van der Waals surface area contributed by atoms with E-state index in [0.29, 0.717) is 28.6 Å². The fourth-order valence-corrected chi connectivity index (χ4v) is 5.69. The molecule has 2 bridgehead atoms. The quantitative estimate of drug-likeness (QED) is 0.400. The molecule has 3 aliphatic heterocycles. The zero-order valence-electron chi connectivity index (χ0n) is 20.1. The number of carbonyl (C=O) groups excluding carboxylic acids is 1. The van der Waals surface area contributed by atoms with Gasteiger partial charge in [0.2, 0.25) is 0 Å². The molecule has 4 unspecified atom stereocenters. The van der Waals surface area contributed by atoms with Gasteiger partial charge in [0, 0.05) is 49.0 Å². The summed E-state index contributed by atoms with van der Waals surface area (Å²) in [5.74, 6) is 0.780. The van der Waals surface area contributed by atoms with Crippen molar-refractivity contribution in [1.82, 2.24) is 20.0 Å². The standard InChI is InChI=1S/C27H31N5O2S/c1-31-25(15-24(30-31)18-7-4-3-5-8-18)23-17-32-12-11-19(23)14-22(32)16-28-27(35)29-21-10-6-9-20(13-21)26(33)34-2/h3-10,13,15,19,22-23H,11-12,14,16-17H2,1-2H3,(H2,28,29,35). The molecular weight excluding hydrogens is 458 g/mol. The van der Waals surface area contributed by atoms with E-state index in [4.69, 9.17) is 22.1 Å². The molecule has 6 rings (SSSR count). The van der Waals surface area contributed by atoms with E-state index in [0.717, 1.165) is 43.0 Å². The molecule has 1 aromatic heterocycles. The topological polar surface area (TPSA) is 71.4 Å². The number of aryl methyl sites for hydroxylation is 1. The second kappa shape index (κ2) is 10.2. The lowest BCUT2D eigenvalue weighted by Gasteiger charge is -2.50. The maximum atomic E-state index is 11.8. The summed E-state index contributed by atoms with van der Waals surface area (Å²) in [7, 11) is 3.45. The summed E-state index contributed by atoms with van der Waals surface area (Å²) in [5, 5.41) is 11.9. The number of hydrogen-bond donors (Lipinski definition) is 2. The van der Waals surface area contributed by atoms with Crippen LogP contribution in [0.1, 0.15) is 34.8 Å². The van der Waals surface area contributed by atoms with Crippen molar-refractivity contribution in [1.29, 1.82) is 0 Å². The summed E-state index contributed by atoms with van der Waals surface area (Å²) >= 11 is 5.53. The number of rotatable bonds is 6. The zero-order chi connectivity index (χ0) is 24.4. The molecule has 3 aliphatic rings. The Kier molecular flexibility index (Phi) is 6.83. The van der Waals surface area contributed by atoms with Gasteiger partial charge >= 0.3 is 5.97 Å². The van der Waals surface area contributed by atoms with Gasteiger partial charge in [0.15, 0.2) is 5.11 Å². The minimum atomic E-state index is -0.363. The monoisotopic (exact) mass is 489 g/mol. The van der Waals surface area contributed by atoms with Crippen molar-refractivity contribution in [3.05, 3.63) is 71.9 Å². The van der Waals surface area contributed by atoms with Crippen LogP contribution in [0.15, 0.2) is 60.7 Å². The molecule has 3 fully saturated rings. The molecule has 4 heterocycles. The Morgan fingerprint density at radius 2 is 2.00 bits per heavy atom. The molecule has 2 aromatic carbocycles. The van der Waals surface area contributed by atoms with Crippen molar-refractivity contribution in [2.75, 3.05) is 32.1 Å². The van der Waals surface area contributed by atoms with Gasteiger partial charge in [-0.2, -0.15) is 5.10 Å². The normalized spacial score (nSPS) is 23.0. The van der Waals surface area contributed by atoms with Crippen LogP contribution in [-0.4, -0.2) is 58.5 Å². The van der Waals surface area contributed by atoms with Crippen LogP contribution in [0.25, 0.3) is 11.3 Å². The van der Waals surface area contributed by atoms with Gasteiger partial charge in [-0.1, -0.05) is 36.4 Å². The molecule has 0 spiro atoms. The second-order valence-corrected chi connectivity index (χ2v) is 9.80. The van der Waals surface area contributed by atoms with Crippen LogP contribution >= 0.6 is 12.2 Å². The Morgan fingerprint density at radius 3 is 2.74 bits per heavy atom. The molecule has 7 nitrogen and oxygen atoms in total. The lowest BCUT2D eigenvalue weighted by molar-refractivity contribution is 0.0303. The molecule has 3 aromatic rings. The third kappa shape index (κ3) is 5.09. The number of fused-ring (bicyclic) bond motifs is 3. The highest BCUT2D eigenvalue weighted by Gasteiger charge is 2.41. The van der Waals surface area contributed by atoms with E-state index in [1.165, 1.54) is 19.2 Å². The van der Waals surface area contributed by atoms with E-state index >= 15 is 0 Å². The molecule has 0 aliphatic carbocycles. The van der Waals surface area contributed by atoms with E-state index in [9.17, 15) is 4.79 Å². The van der Waals surface area contributed by atoms with Crippen LogP contribution in [0.4, 0.5) is 5.69 Å². The van der Waals surface area contributed by atoms with Crippen molar-refractivity contribution in [2.24, 2.45) is 13.0 Å². The lowest BCUT2D eigenvalue weighted by atomic mass is 9.74. The van der Waals surface area contributed by atoms with E-state index < -0.39 is 0 Å². The first-order valence-electron chi connectivity index (χ1n) is 12.1. The van der Waals surface area contributed by atoms with Crippen LogP contribution in [0.2, 0.25) is 0 Å². The van der Waals surface area contributed by atoms with Crippen molar-refractivity contribution in [3.8, 4) is 11.3 Å². The third-order valence-corrected chi connectivity index (χ3v) is 7.53. The molecule has 182 valence electrons. The van der Waals surface area contributed by atoms with E-state index in [-0.39, 0.29) is 5.97 Å². The summed E-state index contributed by atoms with van der Waals surface area (Å²) < 4.78 is 6.87. The van der Waals surface area contributed by atoms with Crippen molar-refractivity contribution < 1.29 is 9.53 Å². The SMILES string of the molecule is COC(=O)c1cccc(NC(=S)NCC2CC3CCN2CC3c2cc(-c3ccccc3)nn2C)c1. The molecule has 0 amide bonds. The molecule has 0 radical (unpaired) electrons. The second-order valence-electron chi connectivity index (χ2n) is 9.39. The van der Waals surface area contributed by atoms with Gasteiger partial charge in [-0.25, -0.2) is 4.79 Å². The van der Waals surface area contributed by atoms with Crippen molar-refractivity contribution in [3.63, 3.8) is 0 Å². The highest BCUT2D eigenvalue weighted by molar-refractivity contribution is 7.80. The van der Waals surface area contributed by atoms with E-state index in [1.54, 1.807) is 12.1 Å². The minimum absolute atomic E-state index is 0.363. The summed E-state index contributed by atoms with van der Waals surface area (Å²) in [6.45, 7) is 2.97. The number of ether oxygens (including phenoxy) is 1. The molecule has 0 saturated carbocycles. The smallest absolute Gasteiger partial charge is 0.337 e. The average Bonchev–Trinajstić information content (AvgIpc) is 3.29. The summed E-state index contributed by atoms with van der Waals surface area (Å²) in [5.41, 5.74) is 4.79. The van der Waals surface area contributed by atoms with Gasteiger partial charge in [-0.05, 0) is 61.8 Å². The molecule has 3 saturated heterocycles. The number of esters is 1. The average molecular weight is 490 g/mol. The van der Waals surface area contributed by atoms with Gasteiger partial charge in [0.1, 0.15) is 0 Å². The molecule has 4 atom stereocenters. The van der Waals surface area contributed by atoms with Gasteiger partial charge in [-0.15, -0.1) is 0 Å². The van der Waals surface area contributed by atoms with Crippen LogP contribution in [-0.2, 0) is 11.8 Å². The van der Waals surface area contributed by atoms with E-state index in [1.807, 2.05) is 18.2 Å². The van der Waals surface area contributed by atoms with Gasteiger partial charge in [0.05, 0.1) is 18.4 Å². The fraction of sp³-hybridized carbons (Fsp3) is 0.370. The van der Waals surface area contributed by atoms with Crippen LogP contribution in [0.5, 0.6) is 0 Å². The highest BCUT2D eigenvalue weighted by atomic mass is 32.1. The number of aromatic nitrogens is 2. The van der Waals surface area contributed by atoms with Gasteiger partial charge < -0.3 is 15.4 Å². The highest BCUT2D eigenvalue weighted by Crippen LogP contribution is 2.42. The van der Waals surface area contributed by atoms with Crippen LogP contribution < -0.4 is 10.6 Å². The molecule has 2 N–H and O–H groups in total. The Morgan fingerprint density at radius 1 is 1.17 bits per heavy atom. The zero-order valence-corrected chi connectivity index (χ0v) is 20.9. The Hall–Kier alpha value is -3.23. The summed E-state index contributed by atoms with van der Waals surface area (Å²) in [6.07, 6.45) is 2.36. The van der Waals surface area contributed by atoms with Gasteiger partial charge in [-0.3, -0.25) is 9.58 Å². The number of methoxy groups -OCH3 is 1. The fourth-order valence-electron chi connectivity index (χ4n) is 5.49. The Bertz CT molecular complexity index is 1210. The maximum absolute atomic E-state index is 11.8. The number of carbonyl (C=O) groups is 1. The Labute approximate surface area is 211 Å². The third-order valence-electron chi connectivity index (χ3n) is 7.28. The maximum Gasteiger partial charge on any atom is 0.337 e. The molecule has 8 heteroatoms. The number of benzene rings is 2. The summed E-state index contributed by atoms with van der Waals surface area (Å²) in [4.78, 5) is 14.4. The lowest BCUT2D eigenvalue weighted by Crippen LogP contribution is -2.56. The van der Waals surface area contributed by atoms with Crippen molar-refractivity contribution >= 4 is 29.0 Å².